The van der Waals surface area contributed by atoms with Gasteiger partial charge < -0.3 is 4.74 Å². The van der Waals surface area contributed by atoms with Crippen molar-refractivity contribution in [1.82, 2.24) is 4.72 Å². The van der Waals surface area contributed by atoms with Gasteiger partial charge in [0.05, 0.1) is 28.3 Å². The molecule has 19 heavy (non-hydrogen) atoms. The molecule has 0 aliphatic rings. The third kappa shape index (κ3) is 4.76. The lowest BCUT2D eigenvalue weighted by molar-refractivity contribution is -0.189. The maximum atomic E-state index is 13.1. The summed E-state index contributed by atoms with van der Waals surface area (Å²) in [5.74, 6) is -1.02. The fraction of sp³-hybridized carbons (Fsp3) is 0.909. The van der Waals surface area contributed by atoms with Crippen LogP contribution in [0, 0.1) is 5.41 Å². The van der Waals surface area contributed by atoms with Crippen LogP contribution in [0.5, 0.6) is 0 Å². The number of hydrogen-bond donors (Lipinski definition) is 1. The van der Waals surface area contributed by atoms with Gasteiger partial charge in [0.25, 0.3) is 0 Å². The molecule has 1 N–H and O–H groups in total. The Morgan fingerprint density at radius 3 is 1.84 bits per heavy atom. The predicted octanol–water partition coefficient (Wildman–Crippen LogP) is 2.17. The summed E-state index contributed by atoms with van der Waals surface area (Å²) in [5.41, 5.74) is -1.88. The number of carbonyl (C=O) groups is 1. The van der Waals surface area contributed by atoms with Crippen molar-refractivity contribution in [2.45, 2.75) is 51.6 Å². The van der Waals surface area contributed by atoms with Crippen LogP contribution < -0.4 is 4.72 Å². The van der Waals surface area contributed by atoms with E-state index < -0.39 is 39.3 Å². The van der Waals surface area contributed by atoms with Crippen molar-refractivity contribution < 1.29 is 26.9 Å². The molecular formula is C11H20F3NO3S. The van der Waals surface area contributed by atoms with Gasteiger partial charge in [0.15, 0.2) is 0 Å². The maximum Gasteiger partial charge on any atom is 0.405 e. The average molecular weight is 303 g/mol. The van der Waals surface area contributed by atoms with Crippen molar-refractivity contribution in [3.63, 3.8) is 0 Å². The molecule has 0 aliphatic heterocycles. The zero-order valence-electron chi connectivity index (χ0n) is 11.8. The highest BCUT2D eigenvalue weighted by Crippen LogP contribution is 2.35. The third-order valence-corrected chi connectivity index (χ3v) is 4.10. The number of nitrogens with one attached hydrogen (secondary N) is 1. The minimum absolute atomic E-state index is 0.879. The second-order valence-electron chi connectivity index (χ2n) is 5.69. The monoisotopic (exact) mass is 303 g/mol. The summed E-state index contributed by atoms with van der Waals surface area (Å²) in [5, 5.41) is 0. The normalized spacial score (nSPS) is 16.9. The van der Waals surface area contributed by atoms with E-state index in [0.717, 1.165) is 21.0 Å². The summed E-state index contributed by atoms with van der Waals surface area (Å²) in [6.45, 7) is 6.81. The maximum absolute atomic E-state index is 13.1. The topological polar surface area (TPSA) is 55.4 Å². The molecule has 0 heterocycles. The SMILES string of the molecule is COC(=O)C(C)(C)[C@H](NS(=O)C(C)(C)C)C(F)(F)F. The minimum atomic E-state index is -4.72. The molecule has 2 atom stereocenters. The molecule has 0 rings (SSSR count). The quantitative estimate of drug-likeness (QED) is 0.810. The molecule has 0 aromatic rings. The van der Waals surface area contributed by atoms with E-state index >= 15 is 0 Å². The first-order valence-electron chi connectivity index (χ1n) is 5.57. The highest BCUT2D eigenvalue weighted by molar-refractivity contribution is 7.84. The molecule has 8 heteroatoms. The van der Waals surface area contributed by atoms with E-state index in [1.807, 2.05) is 4.72 Å². The van der Waals surface area contributed by atoms with Crippen LogP contribution in [0.4, 0.5) is 13.2 Å². The zero-order valence-corrected chi connectivity index (χ0v) is 12.7. The number of carbonyl (C=O) groups excluding carboxylic acids is 1. The number of hydrogen-bond acceptors (Lipinski definition) is 3. The molecule has 0 aromatic heterocycles. The minimum Gasteiger partial charge on any atom is -0.469 e. The van der Waals surface area contributed by atoms with Crippen LogP contribution in [-0.4, -0.2) is 34.3 Å². The molecular weight excluding hydrogens is 283 g/mol. The van der Waals surface area contributed by atoms with Gasteiger partial charge >= 0.3 is 12.1 Å². The summed E-state index contributed by atoms with van der Waals surface area (Å²) < 4.78 is 56.5. The molecule has 0 aromatic carbocycles. The van der Waals surface area contributed by atoms with Crippen LogP contribution in [0.15, 0.2) is 0 Å². The Hall–Kier alpha value is -0.630. The lowest BCUT2D eigenvalue weighted by Gasteiger charge is -2.35. The van der Waals surface area contributed by atoms with Gasteiger partial charge in [0.1, 0.15) is 6.04 Å². The van der Waals surface area contributed by atoms with Gasteiger partial charge in [0.2, 0.25) is 0 Å². The van der Waals surface area contributed by atoms with Crippen molar-refractivity contribution >= 4 is 17.0 Å². The molecule has 0 radical (unpaired) electrons. The summed E-state index contributed by atoms with van der Waals surface area (Å²) in [6.07, 6.45) is -4.72. The molecule has 0 saturated heterocycles. The first-order chi connectivity index (χ1) is 8.24. The Bertz CT molecular complexity index is 361. The van der Waals surface area contributed by atoms with Gasteiger partial charge in [-0.1, -0.05) is 0 Å². The van der Waals surface area contributed by atoms with Gasteiger partial charge in [-0.3, -0.25) is 4.79 Å². The first-order valence-corrected chi connectivity index (χ1v) is 6.72. The largest absolute Gasteiger partial charge is 0.469 e. The van der Waals surface area contributed by atoms with E-state index in [4.69, 9.17) is 0 Å². The highest BCUT2D eigenvalue weighted by Gasteiger charge is 2.54. The Balaban J connectivity index is 5.39. The van der Waals surface area contributed by atoms with Crippen molar-refractivity contribution in [3.8, 4) is 0 Å². The molecule has 0 fully saturated rings. The van der Waals surface area contributed by atoms with Gasteiger partial charge in [-0.15, -0.1) is 0 Å². The Labute approximate surface area is 113 Å². The number of alkyl halides is 3. The lowest BCUT2D eigenvalue weighted by Crippen LogP contribution is -2.57. The summed E-state index contributed by atoms with van der Waals surface area (Å²) in [4.78, 5) is 11.5. The lowest BCUT2D eigenvalue weighted by atomic mass is 9.84. The number of ether oxygens (including phenoxy) is 1. The summed E-state index contributed by atoms with van der Waals surface area (Å²) >= 11 is 0. The van der Waals surface area contributed by atoms with Crippen LogP contribution in [0.1, 0.15) is 34.6 Å². The van der Waals surface area contributed by atoms with Crippen molar-refractivity contribution in [2.24, 2.45) is 5.41 Å². The van der Waals surface area contributed by atoms with E-state index in [1.165, 1.54) is 20.8 Å². The van der Waals surface area contributed by atoms with E-state index in [0.29, 0.717) is 0 Å². The number of rotatable bonds is 4. The van der Waals surface area contributed by atoms with Crippen molar-refractivity contribution in [1.29, 1.82) is 0 Å². The molecule has 114 valence electrons. The molecule has 0 bridgehead atoms. The fourth-order valence-electron chi connectivity index (χ4n) is 1.29. The summed E-state index contributed by atoms with van der Waals surface area (Å²) in [7, 11) is -0.945. The molecule has 1 unspecified atom stereocenters. The molecule has 0 saturated carbocycles. The molecule has 0 amide bonds. The van der Waals surface area contributed by atoms with Crippen LogP contribution in [0.3, 0.4) is 0 Å². The van der Waals surface area contributed by atoms with Gasteiger partial charge in [0, 0.05) is 0 Å². The van der Waals surface area contributed by atoms with Crippen LogP contribution in [-0.2, 0) is 20.5 Å². The predicted molar refractivity (Wildman–Crippen MR) is 66.7 cm³/mol. The van der Waals surface area contributed by atoms with Gasteiger partial charge in [-0.2, -0.15) is 13.2 Å². The van der Waals surface area contributed by atoms with E-state index in [1.54, 1.807) is 0 Å². The molecule has 4 nitrogen and oxygen atoms in total. The Morgan fingerprint density at radius 2 is 1.58 bits per heavy atom. The number of methoxy groups -OCH3 is 1. The van der Waals surface area contributed by atoms with E-state index in [-0.39, 0.29) is 0 Å². The van der Waals surface area contributed by atoms with Gasteiger partial charge in [-0.25, -0.2) is 8.93 Å². The fourth-order valence-corrected chi connectivity index (χ4v) is 2.28. The van der Waals surface area contributed by atoms with Crippen LogP contribution in [0.25, 0.3) is 0 Å². The Morgan fingerprint density at radius 1 is 1.16 bits per heavy atom. The standard InChI is InChI=1S/C11H20F3NO3S/c1-9(2,3)19(17)15-7(11(12,13)14)10(4,5)8(16)18-6/h7,15H,1-6H3/t7-,19?/m0/s1. The second-order valence-corrected chi connectivity index (χ2v) is 7.68. The van der Waals surface area contributed by atoms with Crippen LogP contribution >= 0.6 is 0 Å². The van der Waals surface area contributed by atoms with Crippen LogP contribution in [0.2, 0.25) is 0 Å². The smallest absolute Gasteiger partial charge is 0.405 e. The number of esters is 1. The summed E-state index contributed by atoms with van der Waals surface area (Å²) in [6, 6.07) is -2.26. The van der Waals surface area contributed by atoms with E-state index in [2.05, 4.69) is 4.74 Å². The highest BCUT2D eigenvalue weighted by atomic mass is 32.2. The number of halogens is 3. The van der Waals surface area contributed by atoms with E-state index in [9.17, 15) is 22.2 Å². The average Bonchev–Trinajstić information content (AvgIpc) is 2.20. The van der Waals surface area contributed by atoms with Gasteiger partial charge in [-0.05, 0) is 34.6 Å². The molecule has 0 spiro atoms. The van der Waals surface area contributed by atoms with Crippen molar-refractivity contribution in [3.05, 3.63) is 0 Å². The molecule has 0 aliphatic carbocycles. The first kappa shape index (κ1) is 18.4. The Kier molecular flexibility index (Phi) is 5.59. The zero-order chi connectivity index (χ0) is 15.6. The second kappa shape index (κ2) is 5.78. The van der Waals surface area contributed by atoms with Crippen molar-refractivity contribution in [2.75, 3.05) is 7.11 Å². The third-order valence-electron chi connectivity index (χ3n) is 2.54.